The average molecular weight is 208 g/mol. The maximum atomic E-state index is 5.32. The lowest BCUT2D eigenvalue weighted by molar-refractivity contribution is 0.346. The fourth-order valence-electron chi connectivity index (χ4n) is 0.993. The Morgan fingerprint density at radius 1 is 1.60 bits per heavy atom. The molecule has 3 N–H and O–H groups in total. The van der Waals surface area contributed by atoms with E-state index in [4.69, 9.17) is 10.6 Å². The zero-order valence-electron chi connectivity index (χ0n) is 9.03. The summed E-state index contributed by atoms with van der Waals surface area (Å²) in [6.07, 6.45) is 1.66. The summed E-state index contributed by atoms with van der Waals surface area (Å²) in [4.78, 5) is 8.45. The van der Waals surface area contributed by atoms with Gasteiger partial charge in [-0.15, -0.1) is 0 Å². The minimum absolute atomic E-state index is 0.226. The largest absolute Gasteiger partial charge is 0.473 e. The molecule has 0 spiro atoms. The van der Waals surface area contributed by atoms with E-state index in [1.165, 1.54) is 0 Å². The van der Waals surface area contributed by atoms with Gasteiger partial charge in [0.2, 0.25) is 5.88 Å². The van der Waals surface area contributed by atoms with Gasteiger partial charge in [0.05, 0.1) is 0 Å². The Balaban J connectivity index is 2.94. The van der Waals surface area contributed by atoms with E-state index < -0.39 is 0 Å². The van der Waals surface area contributed by atoms with Gasteiger partial charge in [-0.2, -0.15) is 4.98 Å². The molecule has 0 bridgehead atoms. The van der Waals surface area contributed by atoms with E-state index in [2.05, 4.69) is 22.0 Å². The fourth-order valence-corrected chi connectivity index (χ4v) is 0.993. The van der Waals surface area contributed by atoms with Crippen LogP contribution in [0.25, 0.3) is 0 Å². The molecule has 0 saturated carbocycles. The molecule has 15 heavy (non-hydrogen) atoms. The molecule has 1 heterocycles. The third-order valence-electron chi connectivity index (χ3n) is 1.73. The Morgan fingerprint density at radius 3 is 2.87 bits per heavy atom. The van der Waals surface area contributed by atoms with Crippen LogP contribution in [0.1, 0.15) is 25.6 Å². The van der Waals surface area contributed by atoms with Gasteiger partial charge in [0.15, 0.2) is 0 Å². The summed E-state index contributed by atoms with van der Waals surface area (Å²) < 4.78 is 5.32. The summed E-state index contributed by atoms with van der Waals surface area (Å²) in [7, 11) is 0. The molecule has 1 aromatic rings. The van der Waals surface area contributed by atoms with Crippen molar-refractivity contribution in [1.29, 1.82) is 0 Å². The van der Waals surface area contributed by atoms with Crippen molar-refractivity contribution in [2.45, 2.75) is 19.8 Å². The van der Waals surface area contributed by atoms with E-state index in [1.54, 1.807) is 12.1 Å². The summed E-state index contributed by atoms with van der Waals surface area (Å²) in [5.74, 6) is 7.28. The van der Waals surface area contributed by atoms with E-state index in [-0.39, 0.29) is 5.92 Å². The lowest BCUT2D eigenvalue weighted by Crippen LogP contribution is -2.12. The minimum atomic E-state index is 0.226. The molecule has 0 aliphatic heterocycles. The van der Waals surface area contributed by atoms with Gasteiger partial charge >= 0.3 is 0 Å². The molecule has 0 saturated heterocycles. The molecule has 0 atom stereocenters. The van der Waals surface area contributed by atoms with Crippen LogP contribution in [0.2, 0.25) is 0 Å². The molecule has 5 heteroatoms. The Labute approximate surface area is 89.3 Å². The fraction of sp³-hybridized carbons (Fsp3) is 0.400. The number of hydrogen-bond acceptors (Lipinski definition) is 5. The first-order valence-corrected chi connectivity index (χ1v) is 4.76. The molecule has 0 fully saturated rings. The maximum absolute atomic E-state index is 5.32. The van der Waals surface area contributed by atoms with Crippen LogP contribution in [0.5, 0.6) is 5.88 Å². The first-order valence-electron chi connectivity index (χ1n) is 4.76. The highest BCUT2D eigenvalue weighted by Gasteiger charge is 2.07. The number of hydrogen-bond donors (Lipinski definition) is 2. The van der Waals surface area contributed by atoms with Crippen molar-refractivity contribution < 1.29 is 4.74 Å². The lowest BCUT2D eigenvalue weighted by Gasteiger charge is -2.09. The summed E-state index contributed by atoms with van der Waals surface area (Å²) in [6.45, 7) is 8.00. The molecule has 0 aliphatic rings. The van der Waals surface area contributed by atoms with E-state index in [1.807, 2.05) is 13.8 Å². The zero-order valence-corrected chi connectivity index (χ0v) is 9.03. The Kier molecular flexibility index (Phi) is 4.05. The number of nitrogens with two attached hydrogens (primary N) is 1. The molecule has 0 unspecified atom stereocenters. The Hall–Kier alpha value is -1.62. The van der Waals surface area contributed by atoms with E-state index in [9.17, 15) is 0 Å². The number of ether oxygens (including phenoxy) is 1. The molecule has 1 aromatic heterocycles. The second kappa shape index (κ2) is 5.31. The molecule has 0 amide bonds. The highest BCUT2D eigenvalue weighted by molar-refractivity contribution is 5.37. The van der Waals surface area contributed by atoms with Crippen molar-refractivity contribution in [2.75, 3.05) is 12.0 Å². The van der Waals surface area contributed by atoms with Crippen molar-refractivity contribution in [3.63, 3.8) is 0 Å². The van der Waals surface area contributed by atoms with Gasteiger partial charge in [-0.3, -0.25) is 0 Å². The summed E-state index contributed by atoms with van der Waals surface area (Å²) in [6, 6.07) is 1.65. The molecule has 5 nitrogen and oxygen atoms in total. The number of aromatic nitrogens is 2. The molecular formula is C10H16N4O. The third kappa shape index (κ3) is 3.21. The SMILES string of the molecule is C=CCOc1cc(NN)nc(C(C)C)n1. The van der Waals surface area contributed by atoms with Crippen LogP contribution in [0, 0.1) is 0 Å². The lowest BCUT2D eigenvalue weighted by atomic mass is 10.2. The molecular weight excluding hydrogens is 192 g/mol. The van der Waals surface area contributed by atoms with Crippen LogP contribution in [0.4, 0.5) is 5.82 Å². The number of nitrogens with one attached hydrogen (secondary N) is 1. The van der Waals surface area contributed by atoms with Crippen LogP contribution in [0.15, 0.2) is 18.7 Å². The molecule has 1 rings (SSSR count). The molecule has 0 aliphatic carbocycles. The Bertz CT molecular complexity index is 338. The predicted molar refractivity (Wildman–Crippen MR) is 59.6 cm³/mol. The minimum Gasteiger partial charge on any atom is -0.473 e. The van der Waals surface area contributed by atoms with Crippen LogP contribution < -0.4 is 16.0 Å². The topological polar surface area (TPSA) is 73.1 Å². The second-order valence-electron chi connectivity index (χ2n) is 3.35. The van der Waals surface area contributed by atoms with Crippen molar-refractivity contribution in [3.05, 3.63) is 24.5 Å². The highest BCUT2D eigenvalue weighted by atomic mass is 16.5. The van der Waals surface area contributed by atoms with Gasteiger partial charge in [-0.25, -0.2) is 10.8 Å². The van der Waals surface area contributed by atoms with Crippen molar-refractivity contribution in [3.8, 4) is 5.88 Å². The number of nitrogens with zero attached hydrogens (tertiary/aromatic N) is 2. The standard InChI is InChI=1S/C10H16N4O/c1-4-5-15-9-6-8(14-11)12-10(13-9)7(2)3/h4,6-7H,1,5,11H2,2-3H3,(H,12,13,14). The van der Waals surface area contributed by atoms with Crippen LogP contribution >= 0.6 is 0 Å². The maximum Gasteiger partial charge on any atom is 0.219 e. The van der Waals surface area contributed by atoms with Gasteiger partial charge in [0.1, 0.15) is 18.2 Å². The smallest absolute Gasteiger partial charge is 0.219 e. The van der Waals surface area contributed by atoms with E-state index >= 15 is 0 Å². The van der Waals surface area contributed by atoms with Crippen molar-refractivity contribution >= 4 is 5.82 Å². The van der Waals surface area contributed by atoms with E-state index in [0.717, 1.165) is 0 Å². The first-order chi connectivity index (χ1) is 7.17. The average Bonchev–Trinajstić information content (AvgIpc) is 2.25. The number of hydrazine groups is 1. The number of rotatable bonds is 5. The van der Waals surface area contributed by atoms with E-state index in [0.29, 0.717) is 24.1 Å². The second-order valence-corrected chi connectivity index (χ2v) is 3.35. The van der Waals surface area contributed by atoms with Crippen molar-refractivity contribution in [2.24, 2.45) is 5.84 Å². The monoisotopic (exact) mass is 208 g/mol. The quantitative estimate of drug-likeness (QED) is 0.435. The summed E-state index contributed by atoms with van der Waals surface area (Å²) in [5, 5.41) is 0. The molecule has 0 aromatic carbocycles. The van der Waals surface area contributed by atoms with Gasteiger partial charge in [0.25, 0.3) is 0 Å². The highest BCUT2D eigenvalue weighted by Crippen LogP contribution is 2.17. The van der Waals surface area contributed by atoms with Gasteiger partial charge in [-0.1, -0.05) is 26.5 Å². The van der Waals surface area contributed by atoms with Crippen molar-refractivity contribution in [1.82, 2.24) is 9.97 Å². The number of nitrogen functional groups attached to an aromatic ring is 1. The normalized spacial score (nSPS) is 10.1. The first kappa shape index (κ1) is 11.5. The van der Waals surface area contributed by atoms with Gasteiger partial charge < -0.3 is 10.2 Å². The Morgan fingerprint density at radius 2 is 2.33 bits per heavy atom. The summed E-state index contributed by atoms with van der Waals surface area (Å²) >= 11 is 0. The third-order valence-corrected chi connectivity index (χ3v) is 1.73. The van der Waals surface area contributed by atoms with Crippen LogP contribution in [-0.4, -0.2) is 16.6 Å². The molecule has 82 valence electrons. The van der Waals surface area contributed by atoms with Crippen LogP contribution in [0.3, 0.4) is 0 Å². The summed E-state index contributed by atoms with van der Waals surface area (Å²) in [5.41, 5.74) is 2.48. The zero-order chi connectivity index (χ0) is 11.3. The predicted octanol–water partition coefficient (Wildman–Crippen LogP) is 1.45. The molecule has 0 radical (unpaired) electrons. The van der Waals surface area contributed by atoms with Gasteiger partial charge in [0, 0.05) is 12.0 Å². The van der Waals surface area contributed by atoms with Gasteiger partial charge in [-0.05, 0) is 0 Å². The van der Waals surface area contributed by atoms with Crippen LogP contribution in [-0.2, 0) is 0 Å². The number of anilines is 1.